The molecule has 0 aliphatic rings. The lowest BCUT2D eigenvalue weighted by Crippen LogP contribution is -1.78. The lowest BCUT2D eigenvalue weighted by atomic mass is 10.4. The van der Waals surface area contributed by atoms with Crippen molar-refractivity contribution >= 4 is 10.7 Å². The molecule has 0 aliphatic heterocycles. The minimum absolute atomic E-state index is 0.334. The van der Waals surface area contributed by atoms with Gasteiger partial charge in [-0.25, -0.2) is 8.42 Å². The van der Waals surface area contributed by atoms with E-state index in [0.717, 1.165) is 0 Å². The Morgan fingerprint density at radius 2 is 1.82 bits per heavy atom. The summed E-state index contributed by atoms with van der Waals surface area (Å²) in [5.41, 5.74) is 0. The number of rotatable bonds is 3. The van der Waals surface area contributed by atoms with Gasteiger partial charge in [-0.3, -0.25) is 0 Å². The van der Waals surface area contributed by atoms with E-state index in [1.807, 2.05) is 6.92 Å². The molecule has 0 aliphatic carbocycles. The molecule has 0 rings (SSSR count). The summed E-state index contributed by atoms with van der Waals surface area (Å²) in [6.45, 7) is 3.62. The molecule has 0 radical (unpaired) electrons. The summed E-state index contributed by atoms with van der Waals surface area (Å²) >= 11 is 0. The van der Waals surface area contributed by atoms with Crippen LogP contribution in [0, 0.1) is 0 Å². The van der Waals surface area contributed by atoms with E-state index in [-0.39, 0.29) is 0 Å². The van der Waals surface area contributed by atoms with Crippen LogP contribution >= 0.6 is 0 Å². The van der Waals surface area contributed by atoms with E-state index in [9.17, 15) is 8.42 Å². The summed E-state index contributed by atoms with van der Waals surface area (Å²) in [6, 6.07) is 0. The van der Waals surface area contributed by atoms with Crippen LogP contribution in [0.2, 0.25) is 0 Å². The van der Waals surface area contributed by atoms with Crippen LogP contribution in [0.5, 0.6) is 0 Å². The molecule has 0 unspecified atom stereocenters. The third-order valence-electron chi connectivity index (χ3n) is 1.01. The molecule has 0 atom stereocenters. The minimum Gasteiger partial charge on any atom is -0.227 e. The first-order valence-corrected chi connectivity index (χ1v) is 4.50. The molecule has 11 heavy (non-hydrogen) atoms. The lowest BCUT2D eigenvalue weighted by Gasteiger charge is -1.84. The first kappa shape index (κ1) is 10.2. The van der Waals surface area contributed by atoms with E-state index in [1.165, 1.54) is 0 Å². The van der Waals surface area contributed by atoms with Gasteiger partial charge < -0.3 is 0 Å². The molecule has 3 heteroatoms. The van der Waals surface area contributed by atoms with Crippen molar-refractivity contribution in [2.75, 3.05) is 0 Å². The first-order valence-electron chi connectivity index (χ1n) is 3.32. The SMILES string of the molecule is C\C=C/C=C(\C=C/C)[SH](=O)=O. The molecule has 0 fully saturated rings. The molecule has 0 saturated carbocycles. The van der Waals surface area contributed by atoms with Gasteiger partial charge in [-0.2, -0.15) is 0 Å². The highest BCUT2D eigenvalue weighted by Gasteiger charge is 1.89. The quantitative estimate of drug-likeness (QED) is 0.518. The predicted molar refractivity (Wildman–Crippen MR) is 48.0 cm³/mol. The summed E-state index contributed by atoms with van der Waals surface area (Å²) in [7, 11) is -2.46. The van der Waals surface area contributed by atoms with Crippen molar-refractivity contribution in [1.29, 1.82) is 0 Å². The average Bonchev–Trinajstić information content (AvgIpc) is 1.97. The zero-order valence-electron chi connectivity index (χ0n) is 6.65. The number of thiol groups is 1. The van der Waals surface area contributed by atoms with Gasteiger partial charge in [0.2, 0.25) is 0 Å². The fourth-order valence-corrected chi connectivity index (χ4v) is 1.02. The molecule has 0 aromatic rings. The second kappa shape index (κ2) is 5.92. The fraction of sp³-hybridized carbons (Fsp3) is 0.250. The average molecular weight is 172 g/mol. The minimum atomic E-state index is -2.46. The Hall–Kier alpha value is -0.830. The van der Waals surface area contributed by atoms with Crippen molar-refractivity contribution in [1.82, 2.24) is 0 Å². The maximum absolute atomic E-state index is 10.5. The van der Waals surface area contributed by atoms with Gasteiger partial charge >= 0.3 is 0 Å². The van der Waals surface area contributed by atoms with Crippen LogP contribution < -0.4 is 0 Å². The molecule has 0 aromatic carbocycles. The van der Waals surface area contributed by atoms with Crippen molar-refractivity contribution in [2.45, 2.75) is 13.8 Å². The topological polar surface area (TPSA) is 34.1 Å². The van der Waals surface area contributed by atoms with Gasteiger partial charge in [-0.15, -0.1) is 0 Å². The van der Waals surface area contributed by atoms with Crippen molar-refractivity contribution in [3.05, 3.63) is 35.3 Å². The predicted octanol–water partition coefficient (Wildman–Crippen LogP) is 1.63. The molecule has 2 nitrogen and oxygen atoms in total. The van der Waals surface area contributed by atoms with E-state index < -0.39 is 10.7 Å². The highest BCUT2D eigenvalue weighted by molar-refractivity contribution is 7.77. The summed E-state index contributed by atoms with van der Waals surface area (Å²) < 4.78 is 21.0. The first-order chi connectivity index (χ1) is 5.22. The van der Waals surface area contributed by atoms with Crippen molar-refractivity contribution < 1.29 is 8.42 Å². The second-order valence-corrected chi connectivity index (χ2v) is 2.91. The Morgan fingerprint density at radius 1 is 1.18 bits per heavy atom. The normalized spacial score (nSPS) is 13.9. The standard InChI is InChI=1S/C8H12O2S/c1-3-5-7-8(6-4-2)11(9)10/h3-7,11H,1-2H3/b5-3-,6-4-,8-7+. The lowest BCUT2D eigenvalue weighted by molar-refractivity contribution is 0.620. The molecule has 0 aromatic heterocycles. The third-order valence-corrected chi connectivity index (χ3v) is 1.73. The van der Waals surface area contributed by atoms with E-state index in [2.05, 4.69) is 0 Å². The zero-order chi connectivity index (χ0) is 8.69. The van der Waals surface area contributed by atoms with Crippen LogP contribution in [0.25, 0.3) is 0 Å². The van der Waals surface area contributed by atoms with Gasteiger partial charge in [-0.1, -0.05) is 18.2 Å². The number of hydrogen-bond acceptors (Lipinski definition) is 2. The van der Waals surface area contributed by atoms with E-state index in [4.69, 9.17) is 0 Å². The van der Waals surface area contributed by atoms with Crippen LogP contribution in [0.3, 0.4) is 0 Å². The van der Waals surface area contributed by atoms with Gasteiger partial charge in [0.15, 0.2) is 10.7 Å². The fourth-order valence-electron chi connectivity index (χ4n) is 0.543. The molecule has 0 amide bonds. The van der Waals surface area contributed by atoms with Gasteiger partial charge in [0.1, 0.15) is 0 Å². The number of hydrogen-bond donors (Lipinski definition) is 1. The molecule has 0 N–H and O–H groups in total. The van der Waals surface area contributed by atoms with Crippen LogP contribution in [0.4, 0.5) is 0 Å². The molecule has 0 heterocycles. The van der Waals surface area contributed by atoms with E-state index in [0.29, 0.717) is 4.91 Å². The highest BCUT2D eigenvalue weighted by Crippen LogP contribution is 1.97. The van der Waals surface area contributed by atoms with Gasteiger partial charge in [0.05, 0.1) is 4.91 Å². The Labute approximate surface area is 68.9 Å². The molecule has 0 bridgehead atoms. The summed E-state index contributed by atoms with van der Waals surface area (Å²) in [4.78, 5) is 0.334. The molecule has 0 spiro atoms. The third kappa shape index (κ3) is 4.56. The van der Waals surface area contributed by atoms with Gasteiger partial charge in [0, 0.05) is 0 Å². The molecular weight excluding hydrogens is 160 g/mol. The Morgan fingerprint density at radius 3 is 2.18 bits per heavy atom. The smallest absolute Gasteiger partial charge is 0.168 e. The van der Waals surface area contributed by atoms with Crippen molar-refractivity contribution in [2.24, 2.45) is 0 Å². The molecular formula is C8H12O2S. The van der Waals surface area contributed by atoms with Crippen LogP contribution in [-0.2, 0) is 10.7 Å². The monoisotopic (exact) mass is 172 g/mol. The van der Waals surface area contributed by atoms with Crippen LogP contribution in [-0.4, -0.2) is 8.42 Å². The highest BCUT2D eigenvalue weighted by atomic mass is 32.2. The maximum atomic E-state index is 10.5. The van der Waals surface area contributed by atoms with Crippen molar-refractivity contribution in [3.63, 3.8) is 0 Å². The molecule has 0 saturated heterocycles. The largest absolute Gasteiger partial charge is 0.227 e. The second-order valence-electron chi connectivity index (χ2n) is 1.87. The van der Waals surface area contributed by atoms with Crippen LogP contribution in [0.15, 0.2) is 35.3 Å². The zero-order valence-corrected chi connectivity index (χ0v) is 7.54. The summed E-state index contributed by atoms with van der Waals surface area (Å²) in [6.07, 6.45) is 8.29. The maximum Gasteiger partial charge on any atom is 0.168 e. The summed E-state index contributed by atoms with van der Waals surface area (Å²) in [5, 5.41) is 0. The Kier molecular flexibility index (Phi) is 5.47. The molecule has 62 valence electrons. The van der Waals surface area contributed by atoms with Gasteiger partial charge in [0.25, 0.3) is 0 Å². The Balaban J connectivity index is 4.59. The Bertz CT molecular complexity index is 249. The van der Waals surface area contributed by atoms with Gasteiger partial charge in [-0.05, 0) is 26.0 Å². The van der Waals surface area contributed by atoms with E-state index >= 15 is 0 Å². The van der Waals surface area contributed by atoms with Crippen molar-refractivity contribution in [3.8, 4) is 0 Å². The summed E-state index contributed by atoms with van der Waals surface area (Å²) in [5.74, 6) is 0. The number of allylic oxidation sites excluding steroid dienone is 5. The van der Waals surface area contributed by atoms with E-state index in [1.54, 1.807) is 37.3 Å². The van der Waals surface area contributed by atoms with Crippen LogP contribution in [0.1, 0.15) is 13.8 Å².